The summed E-state index contributed by atoms with van der Waals surface area (Å²) in [5, 5.41) is 13.0. The highest BCUT2D eigenvalue weighted by Crippen LogP contribution is 2.32. The fourth-order valence-electron chi connectivity index (χ4n) is 3.64. The molecule has 2 saturated heterocycles. The van der Waals surface area contributed by atoms with Crippen LogP contribution in [0.4, 0.5) is 11.8 Å². The minimum atomic E-state index is -1.06. The van der Waals surface area contributed by atoms with E-state index < -0.39 is 11.4 Å². The lowest BCUT2D eigenvalue weighted by atomic mass is 9.85. The Kier molecular flexibility index (Phi) is 6.16. The van der Waals surface area contributed by atoms with Crippen LogP contribution in [0.5, 0.6) is 0 Å². The normalized spacial score (nSPS) is 21.9. The van der Waals surface area contributed by atoms with Crippen molar-refractivity contribution in [3.8, 4) is 0 Å². The molecule has 0 radical (unpaired) electrons. The molecular formula is C19H31N5O3. The molecule has 8 nitrogen and oxygen atoms in total. The predicted molar refractivity (Wildman–Crippen MR) is 104 cm³/mol. The van der Waals surface area contributed by atoms with Gasteiger partial charge in [0.05, 0.1) is 18.6 Å². The van der Waals surface area contributed by atoms with E-state index in [1.54, 1.807) is 20.0 Å². The van der Waals surface area contributed by atoms with Crippen molar-refractivity contribution in [2.75, 3.05) is 56.7 Å². The molecule has 0 spiro atoms. The number of carboxylic acids is 1. The molecule has 2 fully saturated rings. The molecule has 0 aromatic carbocycles. The van der Waals surface area contributed by atoms with Gasteiger partial charge in [-0.3, -0.25) is 4.79 Å². The van der Waals surface area contributed by atoms with Gasteiger partial charge < -0.3 is 25.0 Å². The molecule has 1 atom stereocenters. The Morgan fingerprint density at radius 3 is 2.74 bits per heavy atom. The summed E-state index contributed by atoms with van der Waals surface area (Å²) < 4.78 is 5.44. The number of morpholine rings is 1. The topological polar surface area (TPSA) is 90.8 Å². The van der Waals surface area contributed by atoms with Crippen molar-refractivity contribution in [2.24, 2.45) is 0 Å². The number of likely N-dealkylation sites (N-methyl/N-ethyl adjacent to an activating group) is 1. The quantitative estimate of drug-likeness (QED) is 0.772. The minimum Gasteiger partial charge on any atom is -0.481 e. The van der Waals surface area contributed by atoms with Gasteiger partial charge in [-0.25, -0.2) is 4.98 Å². The number of carbonyl (C=O) groups is 1. The summed E-state index contributed by atoms with van der Waals surface area (Å²) in [6, 6.07) is 0.476. The van der Waals surface area contributed by atoms with Gasteiger partial charge in [-0.2, -0.15) is 4.98 Å². The smallest absolute Gasteiger partial charge is 0.313 e. The van der Waals surface area contributed by atoms with Crippen molar-refractivity contribution in [1.82, 2.24) is 14.9 Å². The maximum atomic E-state index is 11.8. The van der Waals surface area contributed by atoms with Crippen LogP contribution in [-0.4, -0.2) is 78.4 Å². The fourth-order valence-corrected chi connectivity index (χ4v) is 3.64. The number of nitrogens with one attached hydrogen (secondary N) is 1. The molecule has 0 saturated carbocycles. The van der Waals surface area contributed by atoms with Gasteiger partial charge in [0.1, 0.15) is 5.82 Å². The second-order valence-corrected chi connectivity index (χ2v) is 7.97. The number of likely N-dealkylation sites (tertiary alicyclic amines) is 1. The molecule has 0 bridgehead atoms. The third kappa shape index (κ3) is 4.50. The third-order valence-corrected chi connectivity index (χ3v) is 5.70. The first kappa shape index (κ1) is 19.8. The molecule has 150 valence electrons. The average Bonchev–Trinajstić information content (AvgIpc) is 2.67. The van der Waals surface area contributed by atoms with E-state index in [2.05, 4.69) is 27.1 Å². The first-order chi connectivity index (χ1) is 12.9. The second kappa shape index (κ2) is 8.39. The van der Waals surface area contributed by atoms with E-state index in [1.165, 1.54) is 19.3 Å². The van der Waals surface area contributed by atoms with Gasteiger partial charge in [0.25, 0.3) is 0 Å². The maximum absolute atomic E-state index is 11.8. The summed E-state index contributed by atoms with van der Waals surface area (Å²) in [5.41, 5.74) is -0.423. The largest absolute Gasteiger partial charge is 0.481 e. The van der Waals surface area contributed by atoms with Crippen LogP contribution in [0.3, 0.4) is 0 Å². The molecule has 27 heavy (non-hydrogen) atoms. The Hall–Kier alpha value is -1.93. The first-order valence-corrected chi connectivity index (χ1v) is 9.77. The highest BCUT2D eigenvalue weighted by atomic mass is 16.5. The number of hydrogen-bond donors (Lipinski definition) is 2. The molecule has 1 aromatic heterocycles. The summed E-state index contributed by atoms with van der Waals surface area (Å²) in [5.74, 6) is 0.366. The van der Waals surface area contributed by atoms with E-state index in [9.17, 15) is 9.90 Å². The lowest BCUT2D eigenvalue weighted by Crippen LogP contribution is -2.41. The van der Waals surface area contributed by atoms with Crippen LogP contribution in [0.1, 0.15) is 38.7 Å². The summed E-state index contributed by atoms with van der Waals surface area (Å²) in [6.45, 7) is 7.94. The van der Waals surface area contributed by atoms with Crippen molar-refractivity contribution in [2.45, 2.75) is 44.6 Å². The van der Waals surface area contributed by atoms with E-state index in [-0.39, 0.29) is 0 Å². The summed E-state index contributed by atoms with van der Waals surface area (Å²) in [6.07, 6.45) is 5.34. The average molecular weight is 377 g/mol. The van der Waals surface area contributed by atoms with Gasteiger partial charge in [-0.05, 0) is 40.3 Å². The standard InChI is InChI=1S/C19H31N5O3/c1-19(2,17(25)26)15-13-21-18(20-12-14-6-4-5-7-23(14)3)22-16(15)24-8-10-27-11-9-24/h13-14H,4-12H2,1-3H3,(H,25,26)(H,20,21,22)/t14-/m1/s1. The van der Waals surface area contributed by atoms with Gasteiger partial charge in [-0.15, -0.1) is 0 Å². The van der Waals surface area contributed by atoms with E-state index in [0.29, 0.717) is 49.7 Å². The molecule has 2 N–H and O–H groups in total. The molecule has 0 amide bonds. The van der Waals surface area contributed by atoms with E-state index in [4.69, 9.17) is 9.72 Å². The van der Waals surface area contributed by atoms with Crippen molar-refractivity contribution in [3.63, 3.8) is 0 Å². The highest BCUT2D eigenvalue weighted by molar-refractivity contribution is 5.82. The van der Waals surface area contributed by atoms with Gasteiger partial charge >= 0.3 is 5.97 Å². The number of nitrogens with zero attached hydrogens (tertiary/aromatic N) is 4. The lowest BCUT2D eigenvalue weighted by molar-refractivity contribution is -0.142. The molecular weight excluding hydrogens is 346 g/mol. The Labute approximate surface area is 160 Å². The summed E-state index contributed by atoms with van der Waals surface area (Å²) in [7, 11) is 2.16. The molecule has 1 aromatic rings. The van der Waals surface area contributed by atoms with E-state index >= 15 is 0 Å². The maximum Gasteiger partial charge on any atom is 0.313 e. The van der Waals surface area contributed by atoms with Crippen LogP contribution < -0.4 is 10.2 Å². The van der Waals surface area contributed by atoms with Crippen LogP contribution in [-0.2, 0) is 14.9 Å². The Morgan fingerprint density at radius 1 is 1.33 bits per heavy atom. The monoisotopic (exact) mass is 377 g/mol. The number of carboxylic acid groups (broad SMARTS) is 1. The SMILES string of the molecule is CN1CCCC[C@@H]1CNc1ncc(C(C)(C)C(=O)O)c(N2CCOCC2)n1. The molecule has 0 aliphatic carbocycles. The Morgan fingerprint density at radius 2 is 2.07 bits per heavy atom. The first-order valence-electron chi connectivity index (χ1n) is 9.77. The van der Waals surface area contributed by atoms with Gasteiger partial charge in [0.15, 0.2) is 0 Å². The van der Waals surface area contributed by atoms with Crippen LogP contribution in [0, 0.1) is 0 Å². The molecule has 2 aliphatic rings. The van der Waals surface area contributed by atoms with E-state index in [0.717, 1.165) is 13.1 Å². The lowest BCUT2D eigenvalue weighted by Gasteiger charge is -2.33. The number of anilines is 2. The van der Waals surface area contributed by atoms with Crippen molar-refractivity contribution < 1.29 is 14.6 Å². The number of aromatic nitrogens is 2. The van der Waals surface area contributed by atoms with Crippen molar-refractivity contribution in [3.05, 3.63) is 11.8 Å². The Bertz CT molecular complexity index is 661. The molecule has 3 heterocycles. The van der Waals surface area contributed by atoms with Crippen molar-refractivity contribution >= 4 is 17.7 Å². The highest BCUT2D eigenvalue weighted by Gasteiger charge is 2.35. The number of hydrogen-bond acceptors (Lipinski definition) is 7. The van der Waals surface area contributed by atoms with Gasteiger partial charge in [0, 0.05) is 37.4 Å². The van der Waals surface area contributed by atoms with Crippen LogP contribution in [0.2, 0.25) is 0 Å². The number of aliphatic carboxylic acids is 1. The van der Waals surface area contributed by atoms with Gasteiger partial charge in [-0.1, -0.05) is 6.42 Å². The zero-order valence-corrected chi connectivity index (χ0v) is 16.6. The third-order valence-electron chi connectivity index (χ3n) is 5.70. The molecule has 3 rings (SSSR count). The second-order valence-electron chi connectivity index (χ2n) is 7.97. The summed E-state index contributed by atoms with van der Waals surface area (Å²) in [4.78, 5) is 25.4. The Balaban J connectivity index is 1.82. The fraction of sp³-hybridized carbons (Fsp3) is 0.737. The number of rotatable bonds is 6. The molecule has 8 heteroatoms. The number of ether oxygens (including phenoxy) is 1. The minimum absolute atomic E-state index is 0.476. The molecule has 0 unspecified atom stereocenters. The van der Waals surface area contributed by atoms with E-state index in [1.807, 2.05) is 0 Å². The predicted octanol–water partition coefficient (Wildman–Crippen LogP) is 1.57. The summed E-state index contributed by atoms with van der Waals surface area (Å²) >= 11 is 0. The van der Waals surface area contributed by atoms with Crippen LogP contribution in [0.15, 0.2) is 6.20 Å². The number of piperidine rings is 1. The van der Waals surface area contributed by atoms with Crippen LogP contribution >= 0.6 is 0 Å². The van der Waals surface area contributed by atoms with Gasteiger partial charge in [0.2, 0.25) is 5.95 Å². The van der Waals surface area contributed by atoms with Crippen molar-refractivity contribution in [1.29, 1.82) is 0 Å². The molecule has 2 aliphatic heterocycles. The zero-order chi connectivity index (χ0) is 19.4. The van der Waals surface area contributed by atoms with Crippen LogP contribution in [0.25, 0.3) is 0 Å². The zero-order valence-electron chi connectivity index (χ0n) is 16.6.